The third kappa shape index (κ3) is 3.40. The molecule has 0 saturated carbocycles. The maximum absolute atomic E-state index is 13.7. The van der Waals surface area contributed by atoms with E-state index in [4.69, 9.17) is 4.74 Å². The van der Waals surface area contributed by atoms with Crippen LogP contribution in [0.15, 0.2) is 48.5 Å². The molecule has 0 aromatic heterocycles. The number of benzene rings is 2. The summed E-state index contributed by atoms with van der Waals surface area (Å²) >= 11 is 0. The summed E-state index contributed by atoms with van der Waals surface area (Å²) in [7, 11) is 0. The summed E-state index contributed by atoms with van der Waals surface area (Å²) in [4.78, 5) is 41.3. The topological polar surface area (TPSA) is 87.2 Å². The number of rotatable bonds is 2. The van der Waals surface area contributed by atoms with Crippen molar-refractivity contribution in [1.29, 1.82) is 0 Å². The predicted octanol–water partition coefficient (Wildman–Crippen LogP) is 3.40. The molecule has 30 heavy (non-hydrogen) atoms. The second-order valence-corrected chi connectivity index (χ2v) is 8.59. The van der Waals surface area contributed by atoms with Gasteiger partial charge in [0.15, 0.2) is 0 Å². The van der Waals surface area contributed by atoms with Gasteiger partial charge in [-0.1, -0.05) is 36.4 Å². The molecule has 2 atom stereocenters. The van der Waals surface area contributed by atoms with Crippen LogP contribution in [-0.2, 0) is 27.2 Å². The van der Waals surface area contributed by atoms with E-state index in [1.165, 1.54) is 9.80 Å². The van der Waals surface area contributed by atoms with Gasteiger partial charge in [0.1, 0.15) is 17.7 Å². The number of anilines is 2. The summed E-state index contributed by atoms with van der Waals surface area (Å²) in [5.41, 5.74) is 2.12. The predicted molar refractivity (Wildman–Crippen MR) is 112 cm³/mol. The lowest BCUT2D eigenvalue weighted by Gasteiger charge is -2.32. The number of carbonyl (C=O) groups is 3. The van der Waals surface area contributed by atoms with Crippen molar-refractivity contribution in [2.75, 3.05) is 9.80 Å². The molecule has 0 aliphatic carbocycles. The fraction of sp³-hybridized carbons (Fsp3) is 0.348. The van der Waals surface area contributed by atoms with Gasteiger partial charge < -0.3 is 9.84 Å². The summed E-state index contributed by atoms with van der Waals surface area (Å²) in [5, 5.41) is 9.75. The molecule has 2 amide bonds. The second kappa shape index (κ2) is 7.16. The third-order valence-corrected chi connectivity index (χ3v) is 5.35. The van der Waals surface area contributed by atoms with Gasteiger partial charge in [0.2, 0.25) is 0 Å². The van der Waals surface area contributed by atoms with Crippen molar-refractivity contribution in [3.63, 3.8) is 0 Å². The quantitative estimate of drug-likeness (QED) is 0.823. The van der Waals surface area contributed by atoms with Crippen molar-refractivity contribution in [2.24, 2.45) is 0 Å². The smallest absolute Gasteiger partial charge is 0.415 e. The van der Waals surface area contributed by atoms with Crippen molar-refractivity contribution in [3.8, 4) is 0 Å². The number of carbonyl (C=O) groups excluding carboxylic acids is 2. The number of para-hydroxylation sites is 2. The molecular weight excluding hydrogens is 384 g/mol. The van der Waals surface area contributed by atoms with E-state index >= 15 is 0 Å². The Labute approximate surface area is 174 Å². The Kier molecular flexibility index (Phi) is 4.76. The Morgan fingerprint density at radius 1 is 0.867 bits per heavy atom. The van der Waals surface area contributed by atoms with Gasteiger partial charge in [0.25, 0.3) is 5.91 Å². The summed E-state index contributed by atoms with van der Waals surface area (Å²) in [6, 6.07) is 12.6. The van der Waals surface area contributed by atoms with Gasteiger partial charge in [0.05, 0.1) is 5.69 Å². The lowest BCUT2D eigenvalue weighted by atomic mass is 10.1. The molecule has 0 saturated heterocycles. The highest BCUT2D eigenvalue weighted by atomic mass is 16.6. The van der Waals surface area contributed by atoms with E-state index in [1.807, 2.05) is 24.3 Å². The highest BCUT2D eigenvalue weighted by Crippen LogP contribution is 2.38. The maximum atomic E-state index is 13.7. The van der Waals surface area contributed by atoms with Gasteiger partial charge in [-0.05, 0) is 44.0 Å². The van der Waals surface area contributed by atoms with Crippen LogP contribution in [0.3, 0.4) is 0 Å². The van der Waals surface area contributed by atoms with Crippen LogP contribution in [0.1, 0.15) is 31.9 Å². The standard InChI is InChI=1S/C23H24N2O5/c1-23(2,3)30-22(29)25-17-11-7-5-8-14(17)12-18(25)20(26)24-16-10-6-4-9-15(16)13-19(24)21(27)28/h4-11,18-19H,12-13H2,1-3H3,(H,27,28). The van der Waals surface area contributed by atoms with Crippen LogP contribution in [0.4, 0.5) is 16.2 Å². The number of fused-ring (bicyclic) bond motifs is 2. The molecule has 0 radical (unpaired) electrons. The molecule has 0 spiro atoms. The van der Waals surface area contributed by atoms with Crippen LogP contribution in [-0.4, -0.2) is 40.8 Å². The second-order valence-electron chi connectivity index (χ2n) is 8.59. The molecule has 2 heterocycles. The maximum Gasteiger partial charge on any atom is 0.415 e. The van der Waals surface area contributed by atoms with Crippen LogP contribution in [0.25, 0.3) is 0 Å². The molecule has 1 N–H and O–H groups in total. The summed E-state index contributed by atoms with van der Waals surface area (Å²) in [6.07, 6.45) is -0.0760. The van der Waals surface area contributed by atoms with E-state index in [1.54, 1.807) is 45.0 Å². The molecule has 0 bridgehead atoms. The Bertz CT molecular complexity index is 1030. The summed E-state index contributed by atoms with van der Waals surface area (Å²) in [6.45, 7) is 5.29. The number of hydrogen-bond donors (Lipinski definition) is 1. The molecule has 156 valence electrons. The minimum atomic E-state index is -1.07. The van der Waals surface area contributed by atoms with Gasteiger partial charge >= 0.3 is 12.1 Å². The number of nitrogens with zero attached hydrogens (tertiary/aromatic N) is 2. The van der Waals surface area contributed by atoms with E-state index in [2.05, 4.69) is 0 Å². The van der Waals surface area contributed by atoms with Crippen molar-refractivity contribution in [1.82, 2.24) is 0 Å². The van der Waals surface area contributed by atoms with Gasteiger partial charge in [-0.15, -0.1) is 0 Å². The monoisotopic (exact) mass is 408 g/mol. The SMILES string of the molecule is CC(C)(C)OC(=O)N1c2ccccc2CC1C(=O)N1c2ccccc2CC1C(=O)O. The number of hydrogen-bond acceptors (Lipinski definition) is 4. The molecule has 4 rings (SSSR count). The molecule has 2 aromatic rings. The molecule has 0 fully saturated rings. The zero-order valence-corrected chi connectivity index (χ0v) is 17.2. The van der Waals surface area contributed by atoms with Gasteiger partial charge in [-0.2, -0.15) is 0 Å². The van der Waals surface area contributed by atoms with E-state index < -0.39 is 35.7 Å². The lowest BCUT2D eigenvalue weighted by molar-refractivity contribution is -0.140. The summed E-state index contributed by atoms with van der Waals surface area (Å²) in [5.74, 6) is -1.49. The first-order valence-corrected chi connectivity index (χ1v) is 9.91. The fourth-order valence-corrected chi connectivity index (χ4v) is 4.14. The minimum Gasteiger partial charge on any atom is -0.480 e. The molecule has 2 aliphatic heterocycles. The highest BCUT2D eigenvalue weighted by Gasteiger charge is 2.47. The molecule has 2 unspecified atom stereocenters. The first kappa shape index (κ1) is 19.9. The number of amides is 2. The zero-order chi connectivity index (χ0) is 21.6. The van der Waals surface area contributed by atoms with Crippen LogP contribution < -0.4 is 9.80 Å². The number of ether oxygens (including phenoxy) is 1. The normalized spacial score (nSPS) is 20.0. The number of carboxylic acid groups (broad SMARTS) is 1. The highest BCUT2D eigenvalue weighted by molar-refractivity contribution is 6.10. The first-order valence-electron chi connectivity index (χ1n) is 9.91. The van der Waals surface area contributed by atoms with E-state index in [0.717, 1.165) is 11.1 Å². The van der Waals surface area contributed by atoms with Crippen LogP contribution in [0, 0.1) is 0 Å². The Balaban J connectivity index is 1.73. The molecular formula is C23H24N2O5. The number of carboxylic acids is 1. The van der Waals surface area contributed by atoms with Crippen molar-refractivity contribution >= 4 is 29.3 Å². The largest absolute Gasteiger partial charge is 0.480 e. The zero-order valence-electron chi connectivity index (χ0n) is 17.2. The molecule has 7 nitrogen and oxygen atoms in total. The third-order valence-electron chi connectivity index (χ3n) is 5.35. The van der Waals surface area contributed by atoms with Crippen molar-refractivity contribution in [2.45, 2.75) is 51.3 Å². The average Bonchev–Trinajstić information content (AvgIpc) is 3.25. The Hall–Kier alpha value is -3.35. The lowest BCUT2D eigenvalue weighted by Crippen LogP contribution is -2.54. The average molecular weight is 408 g/mol. The van der Waals surface area contributed by atoms with Crippen molar-refractivity contribution < 1.29 is 24.2 Å². The van der Waals surface area contributed by atoms with E-state index in [9.17, 15) is 19.5 Å². The number of aliphatic carboxylic acids is 1. The van der Waals surface area contributed by atoms with Crippen LogP contribution in [0.2, 0.25) is 0 Å². The Morgan fingerprint density at radius 3 is 1.90 bits per heavy atom. The molecule has 2 aromatic carbocycles. The van der Waals surface area contributed by atoms with E-state index in [0.29, 0.717) is 17.8 Å². The van der Waals surface area contributed by atoms with Gasteiger partial charge in [-0.3, -0.25) is 14.6 Å². The Morgan fingerprint density at radius 2 is 1.37 bits per heavy atom. The summed E-state index contributed by atoms with van der Waals surface area (Å²) < 4.78 is 5.57. The first-order chi connectivity index (χ1) is 14.2. The molecule has 2 aliphatic rings. The van der Waals surface area contributed by atoms with Crippen LogP contribution in [0.5, 0.6) is 0 Å². The molecule has 7 heteroatoms. The van der Waals surface area contributed by atoms with Gasteiger partial charge in [-0.25, -0.2) is 9.59 Å². The van der Waals surface area contributed by atoms with Gasteiger partial charge in [0, 0.05) is 18.5 Å². The fourth-order valence-electron chi connectivity index (χ4n) is 4.14. The van der Waals surface area contributed by atoms with Crippen molar-refractivity contribution in [3.05, 3.63) is 59.7 Å². The van der Waals surface area contributed by atoms with Crippen LogP contribution >= 0.6 is 0 Å². The van der Waals surface area contributed by atoms with E-state index in [-0.39, 0.29) is 6.42 Å². The minimum absolute atomic E-state index is 0.239.